The topological polar surface area (TPSA) is 44.5 Å². The Balaban J connectivity index is 2.06. The van der Waals surface area contributed by atoms with Crippen LogP contribution in [0.15, 0.2) is 36.1 Å². The van der Waals surface area contributed by atoms with Gasteiger partial charge in [-0.05, 0) is 36.6 Å². The summed E-state index contributed by atoms with van der Waals surface area (Å²) < 4.78 is 33.7. The lowest BCUT2D eigenvalue weighted by Crippen LogP contribution is -2.17. The number of halogens is 2. The van der Waals surface area contributed by atoms with Gasteiger partial charge in [0.05, 0.1) is 12.6 Å². The van der Waals surface area contributed by atoms with Crippen molar-refractivity contribution in [1.82, 2.24) is 0 Å². The standard InChI is InChI=1S/C13H15F2NO2/c14-13(15)18-10-6-4-9(5-7-10)12(16)11-3-1-2-8-17-11/h3-7,12-13H,1-2,8,16H2. The van der Waals surface area contributed by atoms with Crippen LogP contribution < -0.4 is 10.5 Å². The fraction of sp³-hybridized carbons (Fsp3) is 0.385. The van der Waals surface area contributed by atoms with Crippen molar-refractivity contribution >= 4 is 0 Å². The predicted molar refractivity (Wildman–Crippen MR) is 63.3 cm³/mol. The highest BCUT2D eigenvalue weighted by Gasteiger charge is 2.15. The zero-order valence-electron chi connectivity index (χ0n) is 9.81. The van der Waals surface area contributed by atoms with Gasteiger partial charge in [-0.1, -0.05) is 12.1 Å². The fourth-order valence-electron chi connectivity index (χ4n) is 1.81. The Morgan fingerprint density at radius 2 is 1.94 bits per heavy atom. The average Bonchev–Trinajstić information content (AvgIpc) is 2.39. The van der Waals surface area contributed by atoms with Crippen LogP contribution in [0, 0.1) is 0 Å². The first-order valence-electron chi connectivity index (χ1n) is 5.80. The lowest BCUT2D eigenvalue weighted by Gasteiger charge is -2.21. The summed E-state index contributed by atoms with van der Waals surface area (Å²) in [6.07, 6.45) is 3.92. The second-order valence-corrected chi connectivity index (χ2v) is 4.02. The minimum Gasteiger partial charge on any atom is -0.496 e. The number of allylic oxidation sites excluding steroid dienone is 1. The number of alkyl halides is 2. The molecule has 1 aliphatic rings. The molecule has 1 heterocycles. The predicted octanol–water partition coefficient (Wildman–Crippen LogP) is 2.98. The third kappa shape index (κ3) is 3.20. The number of hydrogen-bond acceptors (Lipinski definition) is 3. The highest BCUT2D eigenvalue weighted by molar-refractivity contribution is 5.32. The van der Waals surface area contributed by atoms with E-state index < -0.39 is 6.61 Å². The van der Waals surface area contributed by atoms with E-state index in [0.29, 0.717) is 6.61 Å². The zero-order chi connectivity index (χ0) is 13.0. The van der Waals surface area contributed by atoms with E-state index in [4.69, 9.17) is 10.5 Å². The maximum absolute atomic E-state index is 12.0. The number of ether oxygens (including phenoxy) is 2. The first-order valence-corrected chi connectivity index (χ1v) is 5.80. The molecule has 0 fully saturated rings. The van der Waals surface area contributed by atoms with Gasteiger partial charge < -0.3 is 15.2 Å². The Bertz CT molecular complexity index is 418. The van der Waals surface area contributed by atoms with Gasteiger partial charge in [0.15, 0.2) is 0 Å². The molecule has 2 rings (SSSR count). The zero-order valence-corrected chi connectivity index (χ0v) is 9.81. The van der Waals surface area contributed by atoms with Gasteiger partial charge in [-0.15, -0.1) is 0 Å². The Kier molecular flexibility index (Phi) is 4.15. The Morgan fingerprint density at radius 1 is 1.22 bits per heavy atom. The van der Waals surface area contributed by atoms with Crippen molar-refractivity contribution in [2.75, 3.05) is 6.61 Å². The summed E-state index contributed by atoms with van der Waals surface area (Å²) in [4.78, 5) is 0. The van der Waals surface area contributed by atoms with Crippen LogP contribution in [0.3, 0.4) is 0 Å². The smallest absolute Gasteiger partial charge is 0.387 e. The highest BCUT2D eigenvalue weighted by Crippen LogP contribution is 2.25. The van der Waals surface area contributed by atoms with Gasteiger partial charge in [-0.3, -0.25) is 0 Å². The summed E-state index contributed by atoms with van der Waals surface area (Å²) in [5, 5.41) is 0. The lowest BCUT2D eigenvalue weighted by atomic mass is 10.0. The molecule has 1 unspecified atom stereocenters. The molecule has 2 N–H and O–H groups in total. The minimum atomic E-state index is -2.81. The summed E-state index contributed by atoms with van der Waals surface area (Å²) in [5.74, 6) is 0.864. The lowest BCUT2D eigenvalue weighted by molar-refractivity contribution is -0.0498. The minimum absolute atomic E-state index is 0.125. The van der Waals surface area contributed by atoms with Crippen LogP contribution in [-0.2, 0) is 4.74 Å². The van der Waals surface area contributed by atoms with Crippen LogP contribution in [-0.4, -0.2) is 13.2 Å². The van der Waals surface area contributed by atoms with Gasteiger partial charge in [0.1, 0.15) is 11.5 Å². The Labute approximate surface area is 104 Å². The van der Waals surface area contributed by atoms with Gasteiger partial charge >= 0.3 is 6.61 Å². The van der Waals surface area contributed by atoms with Crippen LogP contribution in [0.25, 0.3) is 0 Å². The van der Waals surface area contributed by atoms with Crippen molar-refractivity contribution in [3.63, 3.8) is 0 Å². The molecule has 1 aromatic rings. The number of rotatable bonds is 4. The SMILES string of the molecule is NC(C1=CCCCO1)c1ccc(OC(F)F)cc1. The molecular formula is C13H15F2NO2. The van der Waals surface area contributed by atoms with Crippen LogP contribution in [0.5, 0.6) is 5.75 Å². The molecule has 5 heteroatoms. The van der Waals surface area contributed by atoms with Gasteiger partial charge in [-0.25, -0.2) is 0 Å². The average molecular weight is 255 g/mol. The second-order valence-electron chi connectivity index (χ2n) is 4.02. The van der Waals surface area contributed by atoms with E-state index in [0.717, 1.165) is 24.2 Å². The van der Waals surface area contributed by atoms with Crippen LogP contribution in [0.2, 0.25) is 0 Å². The van der Waals surface area contributed by atoms with E-state index in [1.807, 2.05) is 6.08 Å². The maximum Gasteiger partial charge on any atom is 0.387 e. The fourth-order valence-corrected chi connectivity index (χ4v) is 1.81. The van der Waals surface area contributed by atoms with Crippen LogP contribution >= 0.6 is 0 Å². The molecule has 3 nitrogen and oxygen atoms in total. The molecule has 0 spiro atoms. The quantitative estimate of drug-likeness (QED) is 0.899. The van der Waals surface area contributed by atoms with Crippen molar-refractivity contribution in [2.24, 2.45) is 5.73 Å². The van der Waals surface area contributed by atoms with Crippen LogP contribution in [0.1, 0.15) is 24.4 Å². The summed E-state index contributed by atoms with van der Waals surface area (Å²) in [6.45, 7) is -2.14. The van der Waals surface area contributed by atoms with E-state index in [-0.39, 0.29) is 11.8 Å². The molecule has 0 amide bonds. The van der Waals surface area contributed by atoms with Crippen molar-refractivity contribution in [1.29, 1.82) is 0 Å². The highest BCUT2D eigenvalue weighted by atomic mass is 19.3. The molecule has 1 aliphatic heterocycles. The van der Waals surface area contributed by atoms with E-state index >= 15 is 0 Å². The molecule has 1 atom stereocenters. The number of nitrogens with two attached hydrogens (primary N) is 1. The van der Waals surface area contributed by atoms with Gasteiger partial charge in [0.25, 0.3) is 0 Å². The molecule has 98 valence electrons. The first-order chi connectivity index (χ1) is 8.66. The van der Waals surface area contributed by atoms with Crippen molar-refractivity contribution in [3.05, 3.63) is 41.7 Å². The molecule has 0 saturated heterocycles. The molecule has 18 heavy (non-hydrogen) atoms. The third-order valence-electron chi connectivity index (χ3n) is 2.73. The summed E-state index contributed by atoms with van der Waals surface area (Å²) >= 11 is 0. The van der Waals surface area contributed by atoms with E-state index in [1.165, 1.54) is 12.1 Å². The largest absolute Gasteiger partial charge is 0.496 e. The third-order valence-corrected chi connectivity index (χ3v) is 2.73. The van der Waals surface area contributed by atoms with E-state index in [9.17, 15) is 8.78 Å². The van der Waals surface area contributed by atoms with E-state index in [1.54, 1.807) is 12.1 Å². The summed E-state index contributed by atoms with van der Waals surface area (Å²) in [7, 11) is 0. The normalized spacial score (nSPS) is 17.0. The van der Waals surface area contributed by atoms with Crippen LogP contribution in [0.4, 0.5) is 8.78 Å². The molecule has 0 bridgehead atoms. The van der Waals surface area contributed by atoms with Gasteiger partial charge in [0, 0.05) is 0 Å². The molecule has 1 aromatic carbocycles. The van der Waals surface area contributed by atoms with E-state index in [2.05, 4.69) is 4.74 Å². The second kappa shape index (κ2) is 5.82. The monoisotopic (exact) mass is 255 g/mol. The molecule has 0 radical (unpaired) electrons. The molecule has 0 saturated carbocycles. The molecule has 0 aromatic heterocycles. The Morgan fingerprint density at radius 3 is 2.50 bits per heavy atom. The summed E-state index contributed by atoms with van der Waals surface area (Å²) in [6, 6.07) is 5.93. The molecule has 0 aliphatic carbocycles. The van der Waals surface area contributed by atoms with Crippen molar-refractivity contribution < 1.29 is 18.3 Å². The first kappa shape index (κ1) is 12.8. The Hall–Kier alpha value is -1.62. The summed E-state index contributed by atoms with van der Waals surface area (Å²) in [5.41, 5.74) is 6.85. The molecular weight excluding hydrogens is 240 g/mol. The maximum atomic E-state index is 12.0. The van der Waals surface area contributed by atoms with Crippen molar-refractivity contribution in [3.8, 4) is 5.75 Å². The number of benzene rings is 1. The van der Waals surface area contributed by atoms with Gasteiger partial charge in [-0.2, -0.15) is 8.78 Å². The number of hydrogen-bond donors (Lipinski definition) is 1. The van der Waals surface area contributed by atoms with Gasteiger partial charge in [0.2, 0.25) is 0 Å². The van der Waals surface area contributed by atoms with Crippen molar-refractivity contribution in [2.45, 2.75) is 25.5 Å².